The summed E-state index contributed by atoms with van der Waals surface area (Å²) in [6.07, 6.45) is 0. The van der Waals surface area contributed by atoms with Gasteiger partial charge in [-0.25, -0.2) is 4.39 Å². The van der Waals surface area contributed by atoms with Crippen molar-refractivity contribution in [2.75, 3.05) is 39.3 Å². The lowest BCUT2D eigenvalue weighted by molar-refractivity contribution is -0.122. The standard InChI is InChI=1S/C15H19ClFN3O2/c1-2-18-14(21)10-19-5-7-20(8-6-19)15(22)12-4-3-11(16)9-13(12)17/h3-4,9H,2,5-8,10H2,1H3,(H,18,21). The van der Waals surface area contributed by atoms with E-state index in [4.69, 9.17) is 11.6 Å². The van der Waals surface area contributed by atoms with Gasteiger partial charge in [0, 0.05) is 37.7 Å². The third kappa shape index (κ3) is 4.18. The van der Waals surface area contributed by atoms with Crippen molar-refractivity contribution in [2.24, 2.45) is 0 Å². The van der Waals surface area contributed by atoms with Crippen LogP contribution in [0, 0.1) is 5.82 Å². The molecule has 0 atom stereocenters. The topological polar surface area (TPSA) is 52.7 Å². The number of nitrogens with one attached hydrogen (secondary N) is 1. The summed E-state index contributed by atoms with van der Waals surface area (Å²) >= 11 is 5.69. The number of amides is 2. The summed E-state index contributed by atoms with van der Waals surface area (Å²) in [6, 6.07) is 4.05. The van der Waals surface area contributed by atoms with Gasteiger partial charge in [-0.2, -0.15) is 0 Å². The van der Waals surface area contributed by atoms with Crippen LogP contribution in [0.25, 0.3) is 0 Å². The van der Waals surface area contributed by atoms with Crippen molar-refractivity contribution >= 4 is 23.4 Å². The summed E-state index contributed by atoms with van der Waals surface area (Å²) < 4.78 is 13.8. The fourth-order valence-corrected chi connectivity index (χ4v) is 2.56. The van der Waals surface area contributed by atoms with Gasteiger partial charge in [-0.15, -0.1) is 0 Å². The zero-order chi connectivity index (χ0) is 16.1. The van der Waals surface area contributed by atoms with Crippen LogP contribution in [0.2, 0.25) is 5.02 Å². The Morgan fingerprint density at radius 1 is 1.27 bits per heavy atom. The molecule has 0 saturated carbocycles. The lowest BCUT2D eigenvalue weighted by Crippen LogP contribution is -2.51. The van der Waals surface area contributed by atoms with Gasteiger partial charge in [-0.1, -0.05) is 11.6 Å². The van der Waals surface area contributed by atoms with Gasteiger partial charge in [0.2, 0.25) is 5.91 Å². The molecule has 1 aromatic carbocycles. The molecule has 0 bridgehead atoms. The van der Waals surface area contributed by atoms with Crippen LogP contribution in [0.4, 0.5) is 4.39 Å². The van der Waals surface area contributed by atoms with E-state index in [-0.39, 0.29) is 22.4 Å². The van der Waals surface area contributed by atoms with E-state index in [9.17, 15) is 14.0 Å². The molecule has 120 valence electrons. The molecular formula is C15H19ClFN3O2. The molecule has 22 heavy (non-hydrogen) atoms. The molecule has 1 aromatic rings. The van der Waals surface area contributed by atoms with Gasteiger partial charge in [0.15, 0.2) is 0 Å². The second kappa shape index (κ2) is 7.56. The smallest absolute Gasteiger partial charge is 0.256 e. The number of halogens is 2. The molecule has 1 aliphatic rings. The number of carbonyl (C=O) groups excluding carboxylic acids is 2. The molecule has 0 aliphatic carbocycles. The SMILES string of the molecule is CCNC(=O)CN1CCN(C(=O)c2ccc(Cl)cc2F)CC1. The molecule has 1 aliphatic heterocycles. The Balaban J connectivity index is 1.91. The first kappa shape index (κ1) is 16.7. The predicted molar refractivity (Wildman–Crippen MR) is 82.4 cm³/mol. The molecular weight excluding hydrogens is 309 g/mol. The molecule has 1 N–H and O–H groups in total. The Kier molecular flexibility index (Phi) is 5.74. The lowest BCUT2D eigenvalue weighted by atomic mass is 10.1. The highest BCUT2D eigenvalue weighted by Gasteiger charge is 2.24. The Morgan fingerprint density at radius 2 is 1.95 bits per heavy atom. The van der Waals surface area contributed by atoms with E-state index in [1.807, 2.05) is 11.8 Å². The quantitative estimate of drug-likeness (QED) is 0.909. The van der Waals surface area contributed by atoms with E-state index in [0.29, 0.717) is 39.3 Å². The van der Waals surface area contributed by atoms with Crippen molar-refractivity contribution in [1.82, 2.24) is 15.1 Å². The summed E-state index contributed by atoms with van der Waals surface area (Å²) in [5.74, 6) is -0.972. The highest BCUT2D eigenvalue weighted by atomic mass is 35.5. The molecule has 7 heteroatoms. The number of hydrogen-bond acceptors (Lipinski definition) is 3. The summed E-state index contributed by atoms with van der Waals surface area (Å²) in [6.45, 7) is 4.93. The normalized spacial score (nSPS) is 15.7. The summed E-state index contributed by atoms with van der Waals surface area (Å²) in [7, 11) is 0. The Bertz CT molecular complexity index is 560. The zero-order valence-electron chi connectivity index (χ0n) is 12.4. The van der Waals surface area contributed by atoms with Crippen LogP contribution in [0.1, 0.15) is 17.3 Å². The number of benzene rings is 1. The minimum atomic E-state index is -0.609. The van der Waals surface area contributed by atoms with Crippen LogP contribution in [0.15, 0.2) is 18.2 Å². The summed E-state index contributed by atoms with van der Waals surface area (Å²) in [5.41, 5.74) is 0.0292. The first-order chi connectivity index (χ1) is 10.5. The molecule has 0 aromatic heterocycles. The fraction of sp³-hybridized carbons (Fsp3) is 0.467. The Morgan fingerprint density at radius 3 is 2.55 bits per heavy atom. The average Bonchev–Trinajstić information content (AvgIpc) is 2.47. The monoisotopic (exact) mass is 327 g/mol. The molecule has 0 unspecified atom stereocenters. The van der Waals surface area contributed by atoms with E-state index in [0.717, 1.165) is 6.07 Å². The van der Waals surface area contributed by atoms with E-state index in [1.54, 1.807) is 4.90 Å². The number of carbonyl (C=O) groups is 2. The number of piperazine rings is 1. The van der Waals surface area contributed by atoms with Crippen molar-refractivity contribution in [3.63, 3.8) is 0 Å². The van der Waals surface area contributed by atoms with Gasteiger partial charge >= 0.3 is 0 Å². The first-order valence-electron chi connectivity index (χ1n) is 7.24. The van der Waals surface area contributed by atoms with E-state index in [1.165, 1.54) is 12.1 Å². The van der Waals surface area contributed by atoms with Crippen molar-refractivity contribution in [3.05, 3.63) is 34.6 Å². The maximum atomic E-state index is 13.8. The van der Waals surface area contributed by atoms with Gasteiger partial charge in [0.25, 0.3) is 5.91 Å². The second-order valence-electron chi connectivity index (χ2n) is 5.15. The van der Waals surface area contributed by atoms with Crippen LogP contribution in [-0.2, 0) is 4.79 Å². The van der Waals surface area contributed by atoms with Crippen LogP contribution in [0.5, 0.6) is 0 Å². The third-order valence-corrected chi connectivity index (χ3v) is 3.80. The highest BCUT2D eigenvalue weighted by molar-refractivity contribution is 6.30. The fourth-order valence-electron chi connectivity index (χ4n) is 2.40. The molecule has 2 amide bonds. The number of hydrogen-bond donors (Lipinski definition) is 1. The maximum absolute atomic E-state index is 13.8. The summed E-state index contributed by atoms with van der Waals surface area (Å²) in [4.78, 5) is 27.4. The van der Waals surface area contributed by atoms with Gasteiger partial charge in [0.1, 0.15) is 5.82 Å². The van der Waals surface area contributed by atoms with Crippen LogP contribution in [-0.4, -0.2) is 60.9 Å². The number of rotatable bonds is 4. The Labute approximate surface area is 134 Å². The Hall–Kier alpha value is -1.66. The maximum Gasteiger partial charge on any atom is 0.256 e. The van der Waals surface area contributed by atoms with Gasteiger partial charge in [0.05, 0.1) is 12.1 Å². The minimum absolute atomic E-state index is 0.0222. The molecule has 0 spiro atoms. The summed E-state index contributed by atoms with van der Waals surface area (Å²) in [5, 5.41) is 3.01. The minimum Gasteiger partial charge on any atom is -0.355 e. The molecule has 1 fully saturated rings. The second-order valence-corrected chi connectivity index (χ2v) is 5.58. The predicted octanol–water partition coefficient (Wildman–Crippen LogP) is 1.37. The van der Waals surface area contributed by atoms with Gasteiger partial charge < -0.3 is 10.2 Å². The largest absolute Gasteiger partial charge is 0.355 e. The third-order valence-electron chi connectivity index (χ3n) is 3.56. The van der Waals surface area contributed by atoms with Crippen molar-refractivity contribution in [3.8, 4) is 0 Å². The average molecular weight is 328 g/mol. The van der Waals surface area contributed by atoms with Crippen molar-refractivity contribution in [2.45, 2.75) is 6.92 Å². The molecule has 1 heterocycles. The molecule has 2 rings (SSSR count). The van der Waals surface area contributed by atoms with Crippen molar-refractivity contribution < 1.29 is 14.0 Å². The van der Waals surface area contributed by atoms with E-state index in [2.05, 4.69) is 5.32 Å². The van der Waals surface area contributed by atoms with Crippen molar-refractivity contribution in [1.29, 1.82) is 0 Å². The molecule has 0 radical (unpaired) electrons. The van der Waals surface area contributed by atoms with Crippen LogP contribution < -0.4 is 5.32 Å². The van der Waals surface area contributed by atoms with Crippen LogP contribution >= 0.6 is 11.6 Å². The molecule has 5 nitrogen and oxygen atoms in total. The van der Waals surface area contributed by atoms with E-state index >= 15 is 0 Å². The first-order valence-corrected chi connectivity index (χ1v) is 7.62. The number of likely N-dealkylation sites (N-methyl/N-ethyl adjacent to an activating group) is 1. The van der Waals surface area contributed by atoms with Crippen LogP contribution in [0.3, 0.4) is 0 Å². The lowest BCUT2D eigenvalue weighted by Gasteiger charge is -2.34. The van der Waals surface area contributed by atoms with Gasteiger partial charge in [-0.05, 0) is 25.1 Å². The molecule has 1 saturated heterocycles. The van der Waals surface area contributed by atoms with Gasteiger partial charge in [-0.3, -0.25) is 14.5 Å². The number of nitrogens with zero attached hydrogens (tertiary/aromatic N) is 2. The van der Waals surface area contributed by atoms with E-state index < -0.39 is 5.82 Å². The zero-order valence-corrected chi connectivity index (χ0v) is 13.2. The highest BCUT2D eigenvalue weighted by Crippen LogP contribution is 2.17.